The van der Waals surface area contributed by atoms with Crippen LogP contribution >= 0.6 is 15.9 Å². The molecule has 102 valence electrons. The van der Waals surface area contributed by atoms with Crippen LogP contribution in [0.15, 0.2) is 27.6 Å². The van der Waals surface area contributed by atoms with E-state index in [-0.39, 0.29) is 4.90 Å². The molecule has 1 aromatic rings. The highest BCUT2D eigenvalue weighted by atomic mass is 79.9. The fourth-order valence-corrected chi connectivity index (χ4v) is 3.07. The first-order valence-electron chi connectivity index (χ1n) is 5.35. The highest BCUT2D eigenvalue weighted by Gasteiger charge is 2.19. The van der Waals surface area contributed by atoms with E-state index in [2.05, 4.69) is 20.7 Å². The first kappa shape index (κ1) is 15.4. The van der Waals surface area contributed by atoms with Crippen molar-refractivity contribution in [2.24, 2.45) is 0 Å². The second-order valence-electron chi connectivity index (χ2n) is 4.00. The average molecular weight is 337 g/mol. The monoisotopic (exact) mass is 336 g/mol. The standard InChI is InChI=1S/C11H17BrN2O3S/c1-14(2)7-6-13-18(15,16)11-8-9(12)4-5-10(11)17-3/h4-5,8,13H,6-7H2,1-3H3. The number of halogens is 1. The van der Waals surface area contributed by atoms with Crippen molar-refractivity contribution in [2.45, 2.75) is 4.90 Å². The second-order valence-corrected chi connectivity index (χ2v) is 6.65. The Morgan fingerprint density at radius 2 is 2.06 bits per heavy atom. The van der Waals surface area contributed by atoms with Gasteiger partial charge in [-0.2, -0.15) is 0 Å². The number of nitrogens with one attached hydrogen (secondary N) is 1. The lowest BCUT2D eigenvalue weighted by Crippen LogP contribution is -2.31. The minimum absolute atomic E-state index is 0.137. The molecule has 0 atom stereocenters. The number of nitrogens with zero attached hydrogens (tertiary/aromatic N) is 1. The molecule has 0 radical (unpaired) electrons. The number of likely N-dealkylation sites (N-methyl/N-ethyl adjacent to an activating group) is 1. The number of benzene rings is 1. The zero-order chi connectivity index (χ0) is 13.8. The van der Waals surface area contributed by atoms with Gasteiger partial charge in [-0.3, -0.25) is 0 Å². The predicted molar refractivity (Wildman–Crippen MR) is 74.4 cm³/mol. The number of sulfonamides is 1. The number of hydrogen-bond donors (Lipinski definition) is 1. The zero-order valence-corrected chi connectivity index (χ0v) is 13.0. The molecule has 5 nitrogen and oxygen atoms in total. The summed E-state index contributed by atoms with van der Waals surface area (Å²) in [5, 5.41) is 0. The van der Waals surface area contributed by atoms with Gasteiger partial charge in [-0.1, -0.05) is 15.9 Å². The maximum absolute atomic E-state index is 12.1. The number of methoxy groups -OCH3 is 1. The topological polar surface area (TPSA) is 58.6 Å². The second kappa shape index (κ2) is 6.51. The summed E-state index contributed by atoms with van der Waals surface area (Å²) >= 11 is 3.25. The fraction of sp³-hybridized carbons (Fsp3) is 0.455. The van der Waals surface area contributed by atoms with E-state index in [0.717, 1.165) is 0 Å². The molecule has 18 heavy (non-hydrogen) atoms. The molecule has 1 aromatic carbocycles. The zero-order valence-electron chi connectivity index (χ0n) is 10.6. The molecule has 7 heteroatoms. The Hall–Kier alpha value is -0.630. The van der Waals surface area contributed by atoms with Crippen molar-refractivity contribution >= 4 is 26.0 Å². The van der Waals surface area contributed by atoms with Crippen molar-refractivity contribution in [3.8, 4) is 5.75 Å². The Morgan fingerprint density at radius 3 is 2.61 bits per heavy atom. The van der Waals surface area contributed by atoms with Gasteiger partial charge in [-0.05, 0) is 32.3 Å². The van der Waals surface area contributed by atoms with E-state index in [9.17, 15) is 8.42 Å². The Balaban J connectivity index is 2.93. The normalized spacial score (nSPS) is 11.8. The van der Waals surface area contributed by atoms with Gasteiger partial charge >= 0.3 is 0 Å². The van der Waals surface area contributed by atoms with Crippen LogP contribution in [0.3, 0.4) is 0 Å². The van der Waals surface area contributed by atoms with Crippen molar-refractivity contribution in [2.75, 3.05) is 34.3 Å². The Labute approximate surface area is 116 Å². The van der Waals surface area contributed by atoms with Crippen LogP contribution in [0.25, 0.3) is 0 Å². The molecular weight excluding hydrogens is 320 g/mol. The van der Waals surface area contributed by atoms with E-state index in [1.165, 1.54) is 13.2 Å². The smallest absolute Gasteiger partial charge is 0.244 e. The van der Waals surface area contributed by atoms with Gasteiger partial charge in [0.05, 0.1) is 7.11 Å². The van der Waals surface area contributed by atoms with E-state index in [1.807, 2.05) is 19.0 Å². The maximum atomic E-state index is 12.1. The van der Waals surface area contributed by atoms with Crippen LogP contribution in [0.5, 0.6) is 5.75 Å². The molecule has 0 aromatic heterocycles. The van der Waals surface area contributed by atoms with Crippen LogP contribution in [0.4, 0.5) is 0 Å². The minimum Gasteiger partial charge on any atom is -0.495 e. The van der Waals surface area contributed by atoms with E-state index < -0.39 is 10.0 Å². The van der Waals surface area contributed by atoms with Crippen LogP contribution in [-0.4, -0.2) is 47.6 Å². The highest BCUT2D eigenvalue weighted by molar-refractivity contribution is 9.10. The molecular formula is C11H17BrN2O3S. The first-order valence-corrected chi connectivity index (χ1v) is 7.62. The van der Waals surface area contributed by atoms with Gasteiger partial charge < -0.3 is 9.64 Å². The van der Waals surface area contributed by atoms with Gasteiger partial charge in [-0.25, -0.2) is 13.1 Å². The maximum Gasteiger partial charge on any atom is 0.244 e. The van der Waals surface area contributed by atoms with Gasteiger partial charge in [0.15, 0.2) is 0 Å². The number of hydrogen-bond acceptors (Lipinski definition) is 4. The van der Waals surface area contributed by atoms with Crippen LogP contribution in [-0.2, 0) is 10.0 Å². The van der Waals surface area contributed by atoms with Crippen LogP contribution in [0.2, 0.25) is 0 Å². The molecule has 0 spiro atoms. The molecule has 0 aliphatic rings. The molecule has 0 unspecified atom stereocenters. The third-order valence-electron chi connectivity index (χ3n) is 2.27. The summed E-state index contributed by atoms with van der Waals surface area (Å²) in [5.74, 6) is 0.329. The molecule has 0 bridgehead atoms. The van der Waals surface area contributed by atoms with Crippen molar-refractivity contribution < 1.29 is 13.2 Å². The van der Waals surface area contributed by atoms with Crippen molar-refractivity contribution in [3.05, 3.63) is 22.7 Å². The van der Waals surface area contributed by atoms with Crippen molar-refractivity contribution in [1.29, 1.82) is 0 Å². The van der Waals surface area contributed by atoms with E-state index in [0.29, 0.717) is 23.3 Å². The molecule has 1 rings (SSSR count). The summed E-state index contributed by atoms with van der Waals surface area (Å²) in [7, 11) is 1.66. The molecule has 0 fully saturated rings. The lowest BCUT2D eigenvalue weighted by atomic mass is 10.3. The molecule has 0 heterocycles. The lowest BCUT2D eigenvalue weighted by molar-refractivity contribution is 0.400. The molecule has 0 aliphatic carbocycles. The molecule has 0 amide bonds. The first-order chi connectivity index (χ1) is 8.36. The molecule has 1 N–H and O–H groups in total. The summed E-state index contributed by atoms with van der Waals surface area (Å²) in [5.41, 5.74) is 0. The van der Waals surface area contributed by atoms with Gasteiger partial charge in [0, 0.05) is 17.6 Å². The Kier molecular flexibility index (Phi) is 5.58. The van der Waals surface area contributed by atoms with Gasteiger partial charge in [-0.15, -0.1) is 0 Å². The SMILES string of the molecule is COc1ccc(Br)cc1S(=O)(=O)NCCN(C)C. The van der Waals surface area contributed by atoms with Gasteiger partial charge in [0.25, 0.3) is 0 Å². The molecule has 0 aliphatic heterocycles. The third-order valence-corrected chi connectivity index (χ3v) is 4.24. The van der Waals surface area contributed by atoms with E-state index >= 15 is 0 Å². The van der Waals surface area contributed by atoms with E-state index in [4.69, 9.17) is 4.74 Å². The minimum atomic E-state index is -3.55. The number of ether oxygens (including phenoxy) is 1. The quantitative estimate of drug-likeness (QED) is 0.850. The summed E-state index contributed by atoms with van der Waals surface area (Å²) in [6.45, 7) is 0.987. The lowest BCUT2D eigenvalue weighted by Gasteiger charge is -2.13. The fourth-order valence-electron chi connectivity index (χ4n) is 1.34. The number of rotatable bonds is 6. The van der Waals surface area contributed by atoms with Crippen molar-refractivity contribution in [1.82, 2.24) is 9.62 Å². The predicted octanol–water partition coefficient (Wildman–Crippen LogP) is 1.30. The summed E-state index contributed by atoms with van der Waals surface area (Å²) in [6, 6.07) is 4.87. The third kappa shape index (κ3) is 4.24. The van der Waals surface area contributed by atoms with Gasteiger partial charge in [0.2, 0.25) is 10.0 Å². The largest absolute Gasteiger partial charge is 0.495 e. The average Bonchev–Trinajstić information content (AvgIpc) is 2.28. The highest BCUT2D eigenvalue weighted by Crippen LogP contribution is 2.26. The molecule has 0 saturated carbocycles. The summed E-state index contributed by atoms with van der Waals surface area (Å²) < 4.78 is 32.5. The van der Waals surface area contributed by atoms with Crippen LogP contribution in [0, 0.1) is 0 Å². The van der Waals surface area contributed by atoms with Crippen LogP contribution < -0.4 is 9.46 Å². The van der Waals surface area contributed by atoms with Gasteiger partial charge in [0.1, 0.15) is 10.6 Å². The Bertz CT molecular complexity index is 503. The summed E-state index contributed by atoms with van der Waals surface area (Å²) in [4.78, 5) is 2.04. The Morgan fingerprint density at radius 1 is 1.39 bits per heavy atom. The molecule has 0 saturated heterocycles. The van der Waals surface area contributed by atoms with Crippen molar-refractivity contribution in [3.63, 3.8) is 0 Å². The van der Waals surface area contributed by atoms with E-state index in [1.54, 1.807) is 12.1 Å². The summed E-state index contributed by atoms with van der Waals surface area (Å²) in [6.07, 6.45) is 0. The van der Waals surface area contributed by atoms with Crippen LogP contribution in [0.1, 0.15) is 0 Å².